The van der Waals surface area contributed by atoms with E-state index in [9.17, 15) is 38.7 Å². The van der Waals surface area contributed by atoms with E-state index in [1.807, 2.05) is 168 Å². The van der Waals surface area contributed by atoms with Crippen molar-refractivity contribution in [2.75, 3.05) is 75.9 Å². The third-order valence-electron chi connectivity index (χ3n) is 28.3. The Hall–Kier alpha value is -15.6. The normalized spacial score (nSPS) is 17.1. The van der Waals surface area contributed by atoms with Gasteiger partial charge in [0.15, 0.2) is 22.1 Å². The van der Waals surface area contributed by atoms with Crippen LogP contribution in [0, 0.1) is 0 Å². The number of ether oxygens (including phenoxy) is 4. The lowest BCUT2D eigenvalue weighted by molar-refractivity contribution is -0.143. The molecule has 9 aliphatic rings. The second kappa shape index (κ2) is 42.2. The number of anilines is 2. The third-order valence-corrected chi connectivity index (χ3v) is 30.2. The van der Waals surface area contributed by atoms with Crippen molar-refractivity contribution in [2.24, 2.45) is 0 Å². The molecule has 23 nitrogen and oxygen atoms in total. The number of carbonyl (C=O) groups excluding carboxylic acids is 6. The number of nitrogen functional groups attached to an aromatic ring is 2. The van der Waals surface area contributed by atoms with Crippen molar-refractivity contribution in [3.63, 3.8) is 0 Å². The first-order chi connectivity index (χ1) is 69.6. The Morgan fingerprint density at radius 3 is 0.958 bits per heavy atom. The minimum Gasteiger partial charge on any atom is -0.479 e. The summed E-state index contributed by atoms with van der Waals surface area (Å²) in [7, 11) is 0. The fraction of sp³-hybridized carbons (Fsp3) is 0.207. The highest BCUT2D eigenvalue weighted by molar-refractivity contribution is 9.09. The van der Waals surface area contributed by atoms with Gasteiger partial charge in [0.1, 0.15) is 44.6 Å². The Balaban J connectivity index is 0.000000110. The molecular weight excluding hydrogens is 1880 g/mol. The molecule has 0 saturated heterocycles. The molecule has 0 unspecified atom stereocenters. The van der Waals surface area contributed by atoms with Gasteiger partial charge in [-0.3, -0.25) is 29.2 Å². The molecule has 6 N–H and O–H groups in total. The van der Waals surface area contributed by atoms with E-state index in [0.29, 0.717) is 67.9 Å². The van der Waals surface area contributed by atoms with E-state index in [-0.39, 0.29) is 72.8 Å². The van der Waals surface area contributed by atoms with Crippen LogP contribution in [0.5, 0.6) is 0 Å². The van der Waals surface area contributed by atoms with Crippen LogP contribution in [-0.4, -0.2) is 152 Å². The first-order valence-electron chi connectivity index (χ1n) is 47.6. The summed E-state index contributed by atoms with van der Waals surface area (Å²) in [6.45, 7) is 3.63. The molecule has 0 spiro atoms. The zero-order valence-corrected chi connectivity index (χ0v) is 80.6. The Labute approximate surface area is 838 Å². The van der Waals surface area contributed by atoms with Crippen LogP contribution in [0.2, 0.25) is 0 Å². The van der Waals surface area contributed by atoms with Gasteiger partial charge < -0.3 is 46.4 Å². The van der Waals surface area contributed by atoms with Crippen molar-refractivity contribution in [3.05, 3.63) is 443 Å². The number of carbonyl (C=O) groups is 7. The number of fused-ring (bicyclic) bond motifs is 17. The molecule has 13 aromatic carbocycles. The number of nitrogens with two attached hydrogens (primary N) is 2. The Morgan fingerprint density at radius 2 is 0.627 bits per heavy atom. The van der Waals surface area contributed by atoms with E-state index in [4.69, 9.17) is 35.9 Å². The lowest BCUT2D eigenvalue weighted by Gasteiger charge is -2.36. The van der Waals surface area contributed by atoms with Crippen molar-refractivity contribution in [1.29, 1.82) is 0 Å². The van der Waals surface area contributed by atoms with Gasteiger partial charge in [-0.25, -0.2) is 33.9 Å². The Bertz CT molecular complexity index is 7200. The Morgan fingerprint density at radius 1 is 0.359 bits per heavy atom. The maximum absolute atomic E-state index is 13.4. The van der Waals surface area contributed by atoms with Crippen molar-refractivity contribution < 1.29 is 62.4 Å². The van der Waals surface area contributed by atoms with Crippen LogP contribution in [0.25, 0.3) is 50.0 Å². The average molecular weight is 1980 g/mol. The van der Waals surface area contributed by atoms with E-state index < -0.39 is 48.2 Å². The summed E-state index contributed by atoms with van der Waals surface area (Å²) in [5, 5.41) is 18.6. The smallest absolute Gasteiger partial charge is 0.410 e. The van der Waals surface area contributed by atoms with Crippen LogP contribution < -0.4 is 16.8 Å². The number of hydrogen-bond acceptors (Lipinski definition) is 18. The standard InChI is InChI=1S/C27H23N3O2S.C26H22BrNO3.C26H21N3O3.C25H21NO4.C12H13N3S/c28-26-29-24(16-33-26)25-18-8-2-1-7-17(18)13-14-30(25)27(31)32-15-23-21-11-5-3-9-19(21)20-10-4-6-12-22(20)23;27-15-24(29)25-18-8-2-1-7-17(18)13-14-28(25)26(30)31-16-23-21-11-5-3-9-19(21)20-10-4-6-12-22(20)23;27-28-15-24(30)25-18-8-2-1-7-17(18)13-14-29(25)26(31)32-16-23-21-11-5-3-9-19(21)20-10-4-6-12-22(20)23;27-24(28)23-17-8-2-1-7-16(17)13-14-26(23)25(29)30-15-22-20-11-5-3-9-18(20)19-10-4-6-12-21(19)22;13-12-15-10(7-16-12)11-9-4-2-1-3-8(9)5-6-14-11/h1-12,16,23,25H,13-15H2,(H2,28,29);1-12,23,25H,13-16H2;1-12,15,23,25H,13-14,16H2;1-12,22-23H,13-15H2,(H,27,28);1-4,7,11,14H,5-6H2,(H2,13,15)/t3*25-;23-;11-/m11111/s1. The molecule has 26 heteroatoms. The number of thiazole rings is 2. The predicted molar refractivity (Wildman–Crippen MR) is 552 cm³/mol. The average Bonchev–Trinajstić information content (AvgIpc) is 1.53. The number of aliphatic carboxylic acids is 1. The first-order valence-corrected chi connectivity index (χ1v) is 50.5. The first kappa shape index (κ1) is 94.0. The molecule has 24 rings (SSSR count). The minimum atomic E-state index is -1.05. The number of halogens is 1. The number of hydrogen-bond donors (Lipinski definition) is 4. The highest BCUT2D eigenvalue weighted by Crippen LogP contribution is 2.51. The van der Waals surface area contributed by atoms with E-state index in [1.165, 1.54) is 93.7 Å². The van der Waals surface area contributed by atoms with Gasteiger partial charge in [-0.2, -0.15) is 4.79 Å². The number of carboxylic acids is 1. The number of carboxylic acid groups (broad SMARTS) is 1. The summed E-state index contributed by atoms with van der Waals surface area (Å²) in [6, 6.07) is 103. The van der Waals surface area contributed by atoms with Crippen molar-refractivity contribution in [3.8, 4) is 44.5 Å². The number of aromatic nitrogens is 2. The SMILES string of the molecule is Nc1nc([C@@H]2NCCc3ccccc32)cs1.Nc1nc([C@H]2c3ccccc3CCN2C(=O)OCC2c3ccccc3-c3ccccc32)cs1.O=C(CBr)[C@H]1c2ccccc2CCN1C(=O)OCC1c2ccccc2-c2ccccc21.O=C(O)[C@H]1c2ccccc2CCN1C(=O)OCC1c2ccccc2-c2ccccc21.[N-]=[N+]=CC(=O)[C@H]1c2ccccc2CCN1C(=O)OCC1c2ccccc2-c2ccccc21. The van der Waals surface area contributed by atoms with E-state index in [2.05, 4.69) is 182 Å². The number of amides is 4. The molecule has 5 atom stereocenters. The van der Waals surface area contributed by atoms with Crippen LogP contribution in [0.15, 0.2) is 326 Å². The largest absolute Gasteiger partial charge is 0.479 e. The van der Waals surface area contributed by atoms with Crippen molar-refractivity contribution in [1.82, 2.24) is 34.9 Å². The zero-order valence-electron chi connectivity index (χ0n) is 77.4. The summed E-state index contributed by atoms with van der Waals surface area (Å²) >= 11 is 6.17. The molecule has 4 aliphatic carbocycles. The summed E-state index contributed by atoms with van der Waals surface area (Å²) in [5.41, 5.74) is 51.5. The van der Waals surface area contributed by atoms with Gasteiger partial charge in [-0.15, -0.1) is 22.7 Å². The predicted octanol–water partition coefficient (Wildman–Crippen LogP) is 22.1. The molecule has 0 saturated carbocycles. The summed E-state index contributed by atoms with van der Waals surface area (Å²) in [6.07, 6.45) is 2.79. The molecule has 5 aliphatic heterocycles. The quantitative estimate of drug-likeness (QED) is 0.0244. The molecule has 15 aromatic rings. The van der Waals surface area contributed by atoms with Gasteiger partial charge in [0.05, 0.1) is 22.8 Å². The third kappa shape index (κ3) is 18.9. The second-order valence-electron chi connectivity index (χ2n) is 36.0. The fourth-order valence-electron chi connectivity index (χ4n) is 21.8. The number of alkyl halides is 1. The number of nitrogens with one attached hydrogen (secondary N) is 1. The number of nitrogens with zero attached hydrogens (tertiary/aromatic N) is 8. The highest BCUT2D eigenvalue weighted by atomic mass is 79.9. The number of benzene rings is 13. The van der Waals surface area contributed by atoms with E-state index in [0.717, 1.165) is 115 Å². The maximum Gasteiger partial charge on any atom is 0.410 e. The number of Topliss-reactive ketones (excluding diaryl/α,β-unsaturated/α-hetero) is 2. The number of rotatable bonds is 15. The van der Waals surface area contributed by atoms with Crippen molar-refractivity contribution >= 4 is 97.0 Å². The second-order valence-corrected chi connectivity index (χ2v) is 38.4. The van der Waals surface area contributed by atoms with Crippen LogP contribution >= 0.6 is 38.6 Å². The van der Waals surface area contributed by atoms with Crippen LogP contribution in [0.1, 0.15) is 165 Å². The highest BCUT2D eigenvalue weighted by Gasteiger charge is 2.44. The van der Waals surface area contributed by atoms with Crippen LogP contribution in [-0.2, 0) is 65.4 Å². The van der Waals surface area contributed by atoms with Gasteiger partial charge in [-0.1, -0.05) is 331 Å². The molecule has 2 aromatic heterocycles. The van der Waals surface area contributed by atoms with Crippen molar-refractivity contribution in [2.45, 2.75) is 86.0 Å². The summed E-state index contributed by atoms with van der Waals surface area (Å²) in [4.78, 5) is 108. The summed E-state index contributed by atoms with van der Waals surface area (Å²) in [5.74, 6) is -1.63. The van der Waals surface area contributed by atoms with Gasteiger partial charge in [-0.05, 0) is 177 Å². The molecule has 0 fully saturated rings. The monoisotopic (exact) mass is 1980 g/mol. The zero-order chi connectivity index (χ0) is 97.4. The minimum absolute atomic E-state index is 0.00115. The molecule has 7 heterocycles. The van der Waals surface area contributed by atoms with Gasteiger partial charge in [0.25, 0.3) is 5.78 Å². The molecule has 0 radical (unpaired) electrons. The summed E-state index contributed by atoms with van der Waals surface area (Å²) < 4.78 is 23.3. The van der Waals surface area contributed by atoms with Gasteiger partial charge >= 0.3 is 36.6 Å². The maximum atomic E-state index is 13.4. The molecule has 0 bridgehead atoms. The van der Waals surface area contributed by atoms with Gasteiger partial charge in [0.2, 0.25) is 0 Å². The molecular formula is C116H100BrN11O12S2. The van der Waals surface area contributed by atoms with Crippen LogP contribution in [0.3, 0.4) is 0 Å². The van der Waals surface area contributed by atoms with Crippen LogP contribution in [0.4, 0.5) is 29.4 Å². The fourth-order valence-corrected chi connectivity index (χ4v) is 23.3. The lowest BCUT2D eigenvalue weighted by Crippen LogP contribution is -2.44. The lowest BCUT2D eigenvalue weighted by atomic mass is 9.90. The molecule has 142 heavy (non-hydrogen) atoms. The van der Waals surface area contributed by atoms with E-state index >= 15 is 0 Å². The number of ketones is 2. The Kier molecular flexibility index (Phi) is 28.0. The topological polar surface area (TPSA) is 316 Å². The molecule has 710 valence electrons. The van der Waals surface area contributed by atoms with Gasteiger partial charge in [0, 0.05) is 67.2 Å². The van der Waals surface area contributed by atoms with E-state index in [1.54, 1.807) is 21.9 Å². The molecule has 4 amide bonds.